The van der Waals surface area contributed by atoms with Crippen molar-refractivity contribution in [2.45, 2.75) is 13.8 Å². The quantitative estimate of drug-likeness (QED) is 0.628. The maximum atomic E-state index is 4.58. The van der Waals surface area contributed by atoms with E-state index in [-0.39, 0.29) is 0 Å². The first kappa shape index (κ1) is 12.6. The molecule has 0 unspecified atom stereocenters. The molecule has 0 aliphatic heterocycles. The van der Waals surface area contributed by atoms with Crippen LogP contribution < -0.4 is 0 Å². The number of benzene rings is 2. The van der Waals surface area contributed by atoms with E-state index in [4.69, 9.17) is 0 Å². The smallest absolute Gasteiger partial charge is 0.0702 e. The zero-order valence-electron chi connectivity index (χ0n) is 11.8. The zero-order valence-corrected chi connectivity index (χ0v) is 11.8. The van der Waals surface area contributed by atoms with Gasteiger partial charge in [-0.2, -0.15) is 0 Å². The Labute approximate surface area is 119 Å². The van der Waals surface area contributed by atoms with Gasteiger partial charge in [-0.05, 0) is 36.6 Å². The minimum Gasteiger partial charge on any atom is -0.256 e. The second-order valence-corrected chi connectivity index (χ2v) is 5.10. The van der Waals surface area contributed by atoms with E-state index in [1.54, 1.807) is 0 Å². The molecule has 1 nitrogen and oxygen atoms in total. The summed E-state index contributed by atoms with van der Waals surface area (Å²) in [5, 5.41) is 0. The molecule has 0 aliphatic rings. The van der Waals surface area contributed by atoms with E-state index < -0.39 is 0 Å². The Bertz CT molecular complexity index is 713. The van der Waals surface area contributed by atoms with Gasteiger partial charge in [-0.15, -0.1) is 0 Å². The van der Waals surface area contributed by atoms with E-state index in [0.717, 1.165) is 16.8 Å². The van der Waals surface area contributed by atoms with Crippen molar-refractivity contribution in [1.82, 2.24) is 4.98 Å². The third-order valence-corrected chi connectivity index (χ3v) is 3.67. The molecular weight excluding hydrogens is 242 g/mol. The average Bonchev–Trinajstić information content (AvgIpc) is 2.51. The molecule has 0 aliphatic carbocycles. The van der Waals surface area contributed by atoms with Crippen molar-refractivity contribution in [2.75, 3.05) is 0 Å². The van der Waals surface area contributed by atoms with Crippen LogP contribution in [0.1, 0.15) is 11.1 Å². The first-order valence-electron chi connectivity index (χ1n) is 6.83. The number of aryl methyl sites for hydroxylation is 2. The summed E-state index contributed by atoms with van der Waals surface area (Å²) in [6.07, 6.45) is 1.95. The fourth-order valence-electron chi connectivity index (χ4n) is 2.27. The number of nitrogens with zero attached hydrogens (tertiary/aromatic N) is 1. The second-order valence-electron chi connectivity index (χ2n) is 5.10. The topological polar surface area (TPSA) is 12.9 Å². The van der Waals surface area contributed by atoms with Crippen LogP contribution in [0.25, 0.3) is 22.4 Å². The fraction of sp³-hybridized carbons (Fsp3) is 0.105. The van der Waals surface area contributed by atoms with Crippen molar-refractivity contribution in [3.8, 4) is 22.4 Å². The molecule has 0 radical (unpaired) electrons. The van der Waals surface area contributed by atoms with Gasteiger partial charge in [0.1, 0.15) is 0 Å². The second kappa shape index (κ2) is 5.30. The van der Waals surface area contributed by atoms with Crippen LogP contribution in [0.4, 0.5) is 0 Å². The van der Waals surface area contributed by atoms with Gasteiger partial charge in [0.25, 0.3) is 0 Å². The number of hydrogen-bond acceptors (Lipinski definition) is 1. The van der Waals surface area contributed by atoms with Crippen LogP contribution >= 0.6 is 0 Å². The van der Waals surface area contributed by atoms with Gasteiger partial charge in [-0.3, -0.25) is 4.98 Å². The molecule has 1 heteroatoms. The molecule has 98 valence electrons. The predicted octanol–water partition coefficient (Wildman–Crippen LogP) is 5.03. The molecule has 20 heavy (non-hydrogen) atoms. The summed E-state index contributed by atoms with van der Waals surface area (Å²) in [5.41, 5.74) is 7.18. The Morgan fingerprint density at radius 1 is 0.650 bits per heavy atom. The highest BCUT2D eigenvalue weighted by atomic mass is 14.7. The molecule has 1 heterocycles. The Hall–Kier alpha value is -2.41. The van der Waals surface area contributed by atoms with Gasteiger partial charge in [-0.1, -0.05) is 54.6 Å². The van der Waals surface area contributed by atoms with E-state index >= 15 is 0 Å². The highest BCUT2D eigenvalue weighted by molar-refractivity contribution is 5.67. The summed E-state index contributed by atoms with van der Waals surface area (Å²) in [4.78, 5) is 4.58. The van der Waals surface area contributed by atoms with Crippen molar-refractivity contribution in [1.29, 1.82) is 0 Å². The summed E-state index contributed by atoms with van der Waals surface area (Å²) >= 11 is 0. The van der Waals surface area contributed by atoms with Gasteiger partial charge in [-0.25, -0.2) is 0 Å². The summed E-state index contributed by atoms with van der Waals surface area (Å²) in [7, 11) is 0. The third-order valence-electron chi connectivity index (χ3n) is 3.67. The molecule has 0 spiro atoms. The molecule has 0 amide bonds. The van der Waals surface area contributed by atoms with E-state index in [1.165, 1.54) is 16.7 Å². The zero-order chi connectivity index (χ0) is 13.9. The lowest BCUT2D eigenvalue weighted by Crippen LogP contribution is -1.87. The molecule has 1 aromatic heterocycles. The highest BCUT2D eigenvalue weighted by Crippen LogP contribution is 2.24. The van der Waals surface area contributed by atoms with Crippen LogP contribution in [0.3, 0.4) is 0 Å². The van der Waals surface area contributed by atoms with Crippen LogP contribution in [-0.4, -0.2) is 4.98 Å². The SMILES string of the molecule is Cc1ccc(-c2ccc(-c3ccccc3)nc2)cc1C. The molecule has 2 aromatic carbocycles. The van der Waals surface area contributed by atoms with Crippen molar-refractivity contribution < 1.29 is 0 Å². The van der Waals surface area contributed by atoms with Gasteiger partial charge in [0.15, 0.2) is 0 Å². The summed E-state index contributed by atoms with van der Waals surface area (Å²) in [6, 6.07) is 21.0. The minimum atomic E-state index is 1.01. The Balaban J connectivity index is 1.95. The predicted molar refractivity (Wildman–Crippen MR) is 84.6 cm³/mol. The molecule has 3 rings (SSSR count). The van der Waals surface area contributed by atoms with E-state index in [9.17, 15) is 0 Å². The number of aromatic nitrogens is 1. The van der Waals surface area contributed by atoms with Crippen LogP contribution in [-0.2, 0) is 0 Å². The molecule has 0 fully saturated rings. The molecule has 0 bridgehead atoms. The van der Waals surface area contributed by atoms with Gasteiger partial charge in [0.05, 0.1) is 5.69 Å². The largest absolute Gasteiger partial charge is 0.256 e. The van der Waals surface area contributed by atoms with E-state index in [2.05, 4.69) is 61.3 Å². The van der Waals surface area contributed by atoms with Crippen molar-refractivity contribution in [3.05, 3.63) is 78.0 Å². The molecular formula is C19H17N. The van der Waals surface area contributed by atoms with E-state index in [1.807, 2.05) is 24.4 Å². The number of pyridine rings is 1. The Morgan fingerprint density at radius 3 is 2.05 bits per heavy atom. The van der Waals surface area contributed by atoms with Crippen LogP contribution in [0.15, 0.2) is 66.9 Å². The van der Waals surface area contributed by atoms with Gasteiger partial charge < -0.3 is 0 Å². The monoisotopic (exact) mass is 259 g/mol. The Morgan fingerprint density at radius 2 is 1.40 bits per heavy atom. The van der Waals surface area contributed by atoms with Crippen molar-refractivity contribution in [2.24, 2.45) is 0 Å². The molecule has 0 N–H and O–H groups in total. The molecule has 0 saturated carbocycles. The fourth-order valence-corrected chi connectivity index (χ4v) is 2.27. The van der Waals surface area contributed by atoms with Gasteiger partial charge in [0.2, 0.25) is 0 Å². The number of hydrogen-bond donors (Lipinski definition) is 0. The number of rotatable bonds is 2. The Kier molecular flexibility index (Phi) is 3.34. The van der Waals surface area contributed by atoms with Crippen LogP contribution in [0, 0.1) is 13.8 Å². The summed E-state index contributed by atoms with van der Waals surface area (Å²) in [6.45, 7) is 4.28. The summed E-state index contributed by atoms with van der Waals surface area (Å²) < 4.78 is 0. The maximum Gasteiger partial charge on any atom is 0.0702 e. The maximum absolute atomic E-state index is 4.58. The minimum absolute atomic E-state index is 1.01. The van der Waals surface area contributed by atoms with Crippen molar-refractivity contribution >= 4 is 0 Å². The highest BCUT2D eigenvalue weighted by Gasteiger charge is 2.02. The molecule has 0 saturated heterocycles. The van der Waals surface area contributed by atoms with E-state index in [0.29, 0.717) is 0 Å². The molecule has 0 atom stereocenters. The lowest BCUT2D eigenvalue weighted by molar-refractivity contribution is 1.31. The first-order chi connectivity index (χ1) is 9.74. The van der Waals surface area contributed by atoms with Gasteiger partial charge >= 0.3 is 0 Å². The third kappa shape index (κ3) is 2.48. The summed E-state index contributed by atoms with van der Waals surface area (Å²) in [5.74, 6) is 0. The van der Waals surface area contributed by atoms with Crippen LogP contribution in [0.2, 0.25) is 0 Å². The van der Waals surface area contributed by atoms with Gasteiger partial charge in [0, 0.05) is 17.3 Å². The standard InChI is InChI=1S/C19H17N/c1-14-8-9-17(12-15(14)2)18-10-11-19(20-13-18)16-6-4-3-5-7-16/h3-13H,1-2H3. The average molecular weight is 259 g/mol. The van der Waals surface area contributed by atoms with Crippen molar-refractivity contribution in [3.63, 3.8) is 0 Å². The lowest BCUT2D eigenvalue weighted by Gasteiger charge is -2.06. The van der Waals surface area contributed by atoms with Crippen LogP contribution in [0.5, 0.6) is 0 Å². The normalized spacial score (nSPS) is 10.5. The lowest BCUT2D eigenvalue weighted by atomic mass is 10.0. The molecule has 3 aromatic rings. The first-order valence-corrected chi connectivity index (χ1v) is 6.83.